The molecule has 0 unspecified atom stereocenters. The minimum atomic E-state index is -0.362. The number of ketones is 1. The average Bonchev–Trinajstić information content (AvgIpc) is 2.99. The standard InChI is InChI=1S/C19H13FN2O/c1-12-3-2-4-17-18(12)16(11-22-17)19(23)14(10-21)9-13-5-7-15(20)8-6-13/h2-9,11,22H,1H3. The number of Topliss-reactive ketones (excluding diaryl/α,β-unsaturated/α-hetero) is 1. The summed E-state index contributed by atoms with van der Waals surface area (Å²) in [5, 5.41) is 10.1. The number of aromatic nitrogens is 1. The molecule has 3 rings (SSSR count). The molecule has 0 spiro atoms. The largest absolute Gasteiger partial charge is 0.360 e. The Morgan fingerprint density at radius 2 is 1.96 bits per heavy atom. The quantitative estimate of drug-likeness (QED) is 0.443. The lowest BCUT2D eigenvalue weighted by atomic mass is 9.99. The number of halogens is 1. The van der Waals surface area contributed by atoms with Crippen LogP contribution in [0.25, 0.3) is 17.0 Å². The number of hydrogen-bond acceptors (Lipinski definition) is 2. The third kappa shape index (κ3) is 2.77. The predicted octanol–water partition coefficient (Wildman–Crippen LogP) is 4.41. The fourth-order valence-electron chi connectivity index (χ4n) is 2.57. The fourth-order valence-corrected chi connectivity index (χ4v) is 2.57. The van der Waals surface area contributed by atoms with Gasteiger partial charge in [-0.3, -0.25) is 4.79 Å². The van der Waals surface area contributed by atoms with Crippen LogP contribution in [0.5, 0.6) is 0 Å². The monoisotopic (exact) mass is 304 g/mol. The number of nitriles is 1. The van der Waals surface area contributed by atoms with Crippen molar-refractivity contribution in [1.82, 2.24) is 4.98 Å². The van der Waals surface area contributed by atoms with E-state index in [1.165, 1.54) is 30.3 Å². The van der Waals surface area contributed by atoms with Crippen LogP contribution < -0.4 is 0 Å². The summed E-state index contributed by atoms with van der Waals surface area (Å²) in [6.45, 7) is 1.92. The number of fused-ring (bicyclic) bond motifs is 1. The van der Waals surface area contributed by atoms with Gasteiger partial charge in [0, 0.05) is 22.7 Å². The summed E-state index contributed by atoms with van der Waals surface area (Å²) in [7, 11) is 0. The summed E-state index contributed by atoms with van der Waals surface area (Å²) in [5.74, 6) is -0.711. The van der Waals surface area contributed by atoms with Gasteiger partial charge in [-0.2, -0.15) is 5.26 Å². The molecule has 112 valence electrons. The van der Waals surface area contributed by atoms with E-state index in [0.717, 1.165) is 16.5 Å². The average molecular weight is 304 g/mol. The molecule has 0 aliphatic heterocycles. The number of H-pyrrole nitrogens is 1. The fraction of sp³-hybridized carbons (Fsp3) is 0.0526. The van der Waals surface area contributed by atoms with Gasteiger partial charge in [0.15, 0.2) is 0 Å². The third-order valence-corrected chi connectivity index (χ3v) is 3.70. The van der Waals surface area contributed by atoms with Gasteiger partial charge in [-0.1, -0.05) is 24.3 Å². The van der Waals surface area contributed by atoms with E-state index in [2.05, 4.69) is 4.98 Å². The van der Waals surface area contributed by atoms with Gasteiger partial charge >= 0.3 is 0 Å². The highest BCUT2D eigenvalue weighted by molar-refractivity contribution is 6.20. The van der Waals surface area contributed by atoms with Crippen molar-refractivity contribution in [2.24, 2.45) is 0 Å². The number of nitrogens with zero attached hydrogens (tertiary/aromatic N) is 1. The summed E-state index contributed by atoms with van der Waals surface area (Å²) < 4.78 is 13.0. The summed E-state index contributed by atoms with van der Waals surface area (Å²) in [4.78, 5) is 15.7. The Hall–Kier alpha value is -3.19. The van der Waals surface area contributed by atoms with Crippen molar-refractivity contribution in [3.05, 3.63) is 76.7 Å². The van der Waals surface area contributed by atoms with E-state index < -0.39 is 0 Å². The molecule has 23 heavy (non-hydrogen) atoms. The van der Waals surface area contributed by atoms with Gasteiger partial charge < -0.3 is 4.98 Å². The molecule has 0 saturated heterocycles. The minimum Gasteiger partial charge on any atom is -0.360 e. The van der Waals surface area contributed by atoms with Crippen LogP contribution in [-0.4, -0.2) is 10.8 Å². The Morgan fingerprint density at radius 1 is 1.22 bits per heavy atom. The maximum absolute atomic E-state index is 13.0. The van der Waals surface area contributed by atoms with Crippen LogP contribution in [0, 0.1) is 24.1 Å². The topological polar surface area (TPSA) is 56.6 Å². The normalized spacial score (nSPS) is 11.4. The Morgan fingerprint density at radius 3 is 2.65 bits per heavy atom. The molecule has 0 saturated carbocycles. The lowest BCUT2D eigenvalue weighted by molar-refractivity contribution is 0.104. The molecule has 0 aliphatic carbocycles. The van der Waals surface area contributed by atoms with Crippen LogP contribution in [0.1, 0.15) is 21.5 Å². The van der Waals surface area contributed by atoms with Crippen LogP contribution >= 0.6 is 0 Å². The lowest BCUT2D eigenvalue weighted by Crippen LogP contribution is -2.01. The van der Waals surface area contributed by atoms with Crippen molar-refractivity contribution in [2.75, 3.05) is 0 Å². The van der Waals surface area contributed by atoms with Gasteiger partial charge in [0.25, 0.3) is 0 Å². The zero-order chi connectivity index (χ0) is 16.4. The second kappa shape index (κ2) is 5.90. The molecule has 0 radical (unpaired) electrons. The van der Waals surface area contributed by atoms with E-state index in [0.29, 0.717) is 11.1 Å². The number of nitrogens with one attached hydrogen (secondary N) is 1. The highest BCUT2D eigenvalue weighted by atomic mass is 19.1. The Labute approximate surface area is 132 Å². The van der Waals surface area contributed by atoms with Crippen LogP contribution in [0.4, 0.5) is 4.39 Å². The number of benzene rings is 2. The van der Waals surface area contributed by atoms with Gasteiger partial charge in [0.2, 0.25) is 5.78 Å². The molecule has 4 heteroatoms. The van der Waals surface area contributed by atoms with Gasteiger partial charge in [-0.15, -0.1) is 0 Å². The number of allylic oxidation sites excluding steroid dienone is 1. The van der Waals surface area contributed by atoms with E-state index in [4.69, 9.17) is 0 Å². The molecular formula is C19H13FN2O. The van der Waals surface area contributed by atoms with Crippen LogP contribution in [0.15, 0.2) is 54.2 Å². The van der Waals surface area contributed by atoms with E-state index in [1.54, 1.807) is 6.20 Å². The van der Waals surface area contributed by atoms with Crippen molar-refractivity contribution in [2.45, 2.75) is 6.92 Å². The zero-order valence-electron chi connectivity index (χ0n) is 12.4. The molecule has 0 atom stereocenters. The molecule has 0 bridgehead atoms. The summed E-state index contributed by atoms with van der Waals surface area (Å²) in [6, 6.07) is 13.3. The summed E-state index contributed by atoms with van der Waals surface area (Å²) in [5.41, 5.74) is 2.90. The van der Waals surface area contributed by atoms with Crippen molar-refractivity contribution in [1.29, 1.82) is 5.26 Å². The molecule has 0 aliphatic rings. The summed E-state index contributed by atoms with van der Waals surface area (Å²) >= 11 is 0. The van der Waals surface area contributed by atoms with Gasteiger partial charge in [0.05, 0.1) is 0 Å². The third-order valence-electron chi connectivity index (χ3n) is 3.70. The van der Waals surface area contributed by atoms with E-state index >= 15 is 0 Å². The summed E-state index contributed by atoms with van der Waals surface area (Å²) in [6.07, 6.45) is 3.09. The first-order chi connectivity index (χ1) is 11.1. The van der Waals surface area contributed by atoms with E-state index in [-0.39, 0.29) is 17.2 Å². The number of aryl methyl sites for hydroxylation is 1. The number of carbonyl (C=O) groups is 1. The maximum Gasteiger partial charge on any atom is 0.205 e. The molecule has 0 fully saturated rings. The molecular weight excluding hydrogens is 291 g/mol. The lowest BCUT2D eigenvalue weighted by Gasteiger charge is -2.01. The molecule has 1 aromatic heterocycles. The van der Waals surface area contributed by atoms with Crippen LogP contribution in [0.3, 0.4) is 0 Å². The van der Waals surface area contributed by atoms with Crippen molar-refractivity contribution in [3.8, 4) is 6.07 Å². The van der Waals surface area contributed by atoms with Crippen molar-refractivity contribution < 1.29 is 9.18 Å². The molecule has 2 aromatic carbocycles. The second-order valence-electron chi connectivity index (χ2n) is 5.25. The van der Waals surface area contributed by atoms with E-state index in [9.17, 15) is 14.4 Å². The number of carbonyl (C=O) groups excluding carboxylic acids is 1. The van der Waals surface area contributed by atoms with Gasteiger partial charge in [-0.05, 0) is 42.3 Å². The van der Waals surface area contributed by atoms with Crippen molar-refractivity contribution in [3.63, 3.8) is 0 Å². The van der Waals surface area contributed by atoms with Crippen LogP contribution in [-0.2, 0) is 0 Å². The van der Waals surface area contributed by atoms with Crippen LogP contribution in [0.2, 0.25) is 0 Å². The highest BCUT2D eigenvalue weighted by Crippen LogP contribution is 2.24. The molecule has 3 aromatic rings. The minimum absolute atomic E-state index is 0.0146. The van der Waals surface area contributed by atoms with Gasteiger partial charge in [-0.25, -0.2) is 4.39 Å². The second-order valence-corrected chi connectivity index (χ2v) is 5.25. The molecule has 1 N–H and O–H groups in total. The van der Waals surface area contributed by atoms with E-state index in [1.807, 2.05) is 31.2 Å². The number of rotatable bonds is 3. The number of aromatic amines is 1. The predicted molar refractivity (Wildman–Crippen MR) is 87.4 cm³/mol. The number of hydrogen-bond donors (Lipinski definition) is 1. The highest BCUT2D eigenvalue weighted by Gasteiger charge is 2.17. The smallest absolute Gasteiger partial charge is 0.205 e. The molecule has 0 amide bonds. The van der Waals surface area contributed by atoms with Crippen molar-refractivity contribution >= 4 is 22.8 Å². The Bertz CT molecular complexity index is 959. The molecule has 3 nitrogen and oxygen atoms in total. The first kappa shape index (κ1) is 14.7. The zero-order valence-corrected chi connectivity index (χ0v) is 12.4. The SMILES string of the molecule is Cc1cccc2[nH]cc(C(=O)C(C#N)=Cc3ccc(F)cc3)c12. The van der Waals surface area contributed by atoms with Gasteiger partial charge in [0.1, 0.15) is 17.5 Å². The first-order valence-electron chi connectivity index (χ1n) is 7.09. The first-order valence-corrected chi connectivity index (χ1v) is 7.09. The maximum atomic E-state index is 13.0. The Balaban J connectivity index is 2.06. The molecule has 1 heterocycles. The Kier molecular flexibility index (Phi) is 3.78.